The molecule has 0 saturated heterocycles. The Hall–Kier alpha value is -4.14. The summed E-state index contributed by atoms with van der Waals surface area (Å²) in [7, 11) is 0. The van der Waals surface area contributed by atoms with Crippen LogP contribution in [0.5, 0.6) is 5.75 Å². The topological polar surface area (TPSA) is 109 Å². The lowest BCUT2D eigenvalue weighted by atomic mass is 10.1. The lowest BCUT2D eigenvalue weighted by Gasteiger charge is -2.07. The summed E-state index contributed by atoms with van der Waals surface area (Å²) in [5.41, 5.74) is 8.70. The van der Waals surface area contributed by atoms with Gasteiger partial charge in [-0.15, -0.1) is 11.7 Å². The normalized spacial score (nSPS) is 11.4. The molecular weight excluding hydrogens is 406 g/mol. The largest absolute Gasteiger partial charge is 0.493 e. The van der Waals surface area contributed by atoms with Crippen LogP contribution in [0.25, 0.3) is 28.3 Å². The minimum Gasteiger partial charge on any atom is -0.493 e. The molecule has 9 nitrogen and oxygen atoms in total. The van der Waals surface area contributed by atoms with Gasteiger partial charge < -0.3 is 14.9 Å². The Labute approximate surface area is 184 Å². The molecule has 4 heterocycles. The predicted octanol–water partition coefficient (Wildman–Crippen LogP) is 3.90. The third-order valence-electron chi connectivity index (χ3n) is 5.19. The number of benzene rings is 1. The number of aromatic nitrogens is 6. The Morgan fingerprint density at radius 2 is 2.00 bits per heavy atom. The van der Waals surface area contributed by atoms with Crippen LogP contribution in [-0.2, 0) is 13.0 Å². The highest BCUT2D eigenvalue weighted by molar-refractivity contribution is 5.90. The second kappa shape index (κ2) is 8.54. The standard InChI is InChI=1S/C23H23N7O2/c1-2-3-13-31-17-10-8-16(9-11-17)6-4-12-29-21-18(15-25-29)22-26-20(19-7-5-14-32-19)28-30(22)23(24)27-21/h2,5,7-11,14-15H,1,3-4,6,12-13H2,(H2,24,27). The quantitative estimate of drug-likeness (QED) is 0.279. The van der Waals surface area contributed by atoms with Gasteiger partial charge in [0.2, 0.25) is 11.8 Å². The minimum atomic E-state index is 0.256. The Morgan fingerprint density at radius 3 is 2.78 bits per heavy atom. The van der Waals surface area contributed by atoms with Gasteiger partial charge in [-0.3, -0.25) is 0 Å². The molecule has 1 aromatic carbocycles. The zero-order valence-corrected chi connectivity index (χ0v) is 17.5. The number of ether oxygens (including phenoxy) is 1. The van der Waals surface area contributed by atoms with E-state index in [9.17, 15) is 0 Å². The summed E-state index contributed by atoms with van der Waals surface area (Å²) in [6.07, 6.45) is 7.85. The lowest BCUT2D eigenvalue weighted by Crippen LogP contribution is -2.06. The molecule has 5 rings (SSSR count). The van der Waals surface area contributed by atoms with Crippen molar-refractivity contribution in [2.24, 2.45) is 0 Å². The van der Waals surface area contributed by atoms with Crippen LogP contribution in [0.1, 0.15) is 18.4 Å². The van der Waals surface area contributed by atoms with Crippen LogP contribution in [0.15, 0.2) is 65.9 Å². The van der Waals surface area contributed by atoms with Gasteiger partial charge >= 0.3 is 0 Å². The van der Waals surface area contributed by atoms with Crippen LogP contribution in [-0.4, -0.2) is 36.0 Å². The Kier molecular flexibility index (Phi) is 5.29. The smallest absolute Gasteiger partial charge is 0.225 e. The molecule has 0 bridgehead atoms. The molecule has 2 N–H and O–H groups in total. The molecule has 0 amide bonds. The second-order valence-corrected chi connectivity index (χ2v) is 7.40. The van der Waals surface area contributed by atoms with Crippen molar-refractivity contribution in [2.75, 3.05) is 12.3 Å². The first-order chi connectivity index (χ1) is 15.7. The average Bonchev–Trinajstić information content (AvgIpc) is 3.55. The zero-order chi connectivity index (χ0) is 21.9. The maximum absolute atomic E-state index is 6.15. The molecule has 0 unspecified atom stereocenters. The van der Waals surface area contributed by atoms with Crippen LogP contribution >= 0.6 is 0 Å². The molecule has 0 aliphatic carbocycles. The van der Waals surface area contributed by atoms with Crippen molar-refractivity contribution in [3.63, 3.8) is 0 Å². The first kappa shape index (κ1) is 19.8. The fourth-order valence-electron chi connectivity index (χ4n) is 3.58. The summed E-state index contributed by atoms with van der Waals surface area (Å²) in [6.45, 7) is 5.06. The Bertz CT molecular complexity index is 1350. The van der Waals surface area contributed by atoms with E-state index in [-0.39, 0.29) is 5.95 Å². The number of rotatable bonds is 9. The second-order valence-electron chi connectivity index (χ2n) is 7.40. The highest BCUT2D eigenvalue weighted by atomic mass is 16.5. The number of hydrogen-bond donors (Lipinski definition) is 1. The fraction of sp³-hybridized carbons (Fsp3) is 0.217. The summed E-state index contributed by atoms with van der Waals surface area (Å²) in [5.74, 6) is 2.16. The molecule has 9 heteroatoms. The highest BCUT2D eigenvalue weighted by Crippen LogP contribution is 2.23. The SMILES string of the molecule is C=CCCOc1ccc(CCCn2ncc3c2nc(N)n2nc(-c4ccco4)nc32)cc1. The highest BCUT2D eigenvalue weighted by Gasteiger charge is 2.17. The molecule has 0 saturated carbocycles. The van der Waals surface area contributed by atoms with E-state index in [0.717, 1.165) is 30.4 Å². The minimum absolute atomic E-state index is 0.256. The number of hydrogen-bond acceptors (Lipinski definition) is 7. The summed E-state index contributed by atoms with van der Waals surface area (Å²) < 4.78 is 14.4. The van der Waals surface area contributed by atoms with E-state index in [4.69, 9.17) is 14.9 Å². The number of nitrogens with two attached hydrogens (primary N) is 1. The molecule has 5 aromatic rings. The molecule has 32 heavy (non-hydrogen) atoms. The monoisotopic (exact) mass is 429 g/mol. The van der Waals surface area contributed by atoms with E-state index >= 15 is 0 Å². The fourth-order valence-corrected chi connectivity index (χ4v) is 3.58. The van der Waals surface area contributed by atoms with Gasteiger partial charge in [0, 0.05) is 6.54 Å². The van der Waals surface area contributed by atoms with Gasteiger partial charge in [0.15, 0.2) is 17.1 Å². The van der Waals surface area contributed by atoms with Crippen LogP contribution in [0, 0.1) is 0 Å². The molecule has 0 spiro atoms. The lowest BCUT2D eigenvalue weighted by molar-refractivity contribution is 0.325. The number of fused-ring (bicyclic) bond motifs is 3. The van der Waals surface area contributed by atoms with Gasteiger partial charge in [-0.05, 0) is 49.1 Å². The number of furan rings is 1. The van der Waals surface area contributed by atoms with Crippen molar-refractivity contribution in [1.29, 1.82) is 0 Å². The van der Waals surface area contributed by atoms with Gasteiger partial charge in [-0.25, -0.2) is 9.67 Å². The van der Waals surface area contributed by atoms with Gasteiger partial charge in [0.25, 0.3) is 0 Å². The van der Waals surface area contributed by atoms with E-state index in [0.29, 0.717) is 36.0 Å². The number of anilines is 1. The van der Waals surface area contributed by atoms with Crippen molar-refractivity contribution >= 4 is 22.6 Å². The van der Waals surface area contributed by atoms with Gasteiger partial charge in [0.1, 0.15) is 5.75 Å². The van der Waals surface area contributed by atoms with E-state index in [1.54, 1.807) is 24.6 Å². The Morgan fingerprint density at radius 1 is 1.12 bits per heavy atom. The molecule has 4 aromatic heterocycles. The number of nitrogens with zero attached hydrogens (tertiary/aromatic N) is 6. The van der Waals surface area contributed by atoms with E-state index in [1.807, 2.05) is 22.9 Å². The first-order valence-corrected chi connectivity index (χ1v) is 10.5. The van der Waals surface area contributed by atoms with Crippen LogP contribution in [0.4, 0.5) is 5.95 Å². The van der Waals surface area contributed by atoms with Crippen molar-refractivity contribution < 1.29 is 9.15 Å². The first-order valence-electron chi connectivity index (χ1n) is 10.5. The molecule has 162 valence electrons. The van der Waals surface area contributed by atoms with Crippen molar-refractivity contribution in [3.05, 3.63) is 67.1 Å². The van der Waals surface area contributed by atoms with E-state index in [1.165, 1.54) is 10.1 Å². The maximum Gasteiger partial charge on any atom is 0.225 e. The van der Waals surface area contributed by atoms with Crippen LogP contribution < -0.4 is 10.5 Å². The Balaban J connectivity index is 1.30. The average molecular weight is 429 g/mol. The molecular formula is C23H23N7O2. The number of aryl methyl sites for hydroxylation is 2. The molecule has 0 aliphatic rings. The van der Waals surface area contributed by atoms with E-state index in [2.05, 4.69) is 38.9 Å². The summed E-state index contributed by atoms with van der Waals surface area (Å²) in [5, 5.41) is 9.73. The van der Waals surface area contributed by atoms with Crippen LogP contribution in [0.3, 0.4) is 0 Å². The summed E-state index contributed by atoms with van der Waals surface area (Å²) >= 11 is 0. The van der Waals surface area contributed by atoms with Gasteiger partial charge in [-0.1, -0.05) is 18.2 Å². The third-order valence-corrected chi connectivity index (χ3v) is 5.19. The number of nitrogen functional groups attached to an aromatic ring is 1. The summed E-state index contributed by atoms with van der Waals surface area (Å²) in [6, 6.07) is 11.8. The predicted molar refractivity (Wildman–Crippen MR) is 121 cm³/mol. The van der Waals surface area contributed by atoms with Crippen molar-refractivity contribution in [3.8, 4) is 17.3 Å². The summed E-state index contributed by atoms with van der Waals surface area (Å²) in [4.78, 5) is 9.10. The van der Waals surface area contributed by atoms with Gasteiger partial charge in [0.05, 0.1) is 24.5 Å². The molecule has 0 radical (unpaired) electrons. The van der Waals surface area contributed by atoms with E-state index < -0.39 is 0 Å². The molecule has 0 atom stereocenters. The van der Waals surface area contributed by atoms with Gasteiger partial charge in [-0.2, -0.15) is 14.6 Å². The van der Waals surface area contributed by atoms with Crippen LogP contribution in [0.2, 0.25) is 0 Å². The maximum atomic E-state index is 6.15. The van der Waals surface area contributed by atoms with Crippen molar-refractivity contribution in [2.45, 2.75) is 25.8 Å². The third kappa shape index (κ3) is 3.80. The zero-order valence-electron chi connectivity index (χ0n) is 17.5. The molecule has 0 aliphatic heterocycles. The van der Waals surface area contributed by atoms with Crippen molar-refractivity contribution in [1.82, 2.24) is 29.4 Å². The molecule has 0 fully saturated rings.